The zero-order valence-electron chi connectivity index (χ0n) is 12.0. The molecule has 8 nitrogen and oxygen atoms in total. The van der Waals surface area contributed by atoms with Gasteiger partial charge in [0.2, 0.25) is 5.78 Å². The number of rotatable bonds is 4. The molecule has 0 aromatic carbocycles. The highest BCUT2D eigenvalue weighted by Crippen LogP contribution is 2.06. The Morgan fingerprint density at radius 3 is 2.86 bits per heavy atom. The molecule has 0 spiro atoms. The van der Waals surface area contributed by atoms with Gasteiger partial charge in [-0.3, -0.25) is 4.79 Å². The van der Waals surface area contributed by atoms with Gasteiger partial charge in [0.1, 0.15) is 0 Å². The van der Waals surface area contributed by atoms with Crippen molar-refractivity contribution >= 4 is 17.5 Å². The second-order valence-corrected chi connectivity index (χ2v) is 4.77. The molecule has 0 saturated carbocycles. The number of aromatic nitrogens is 5. The first kappa shape index (κ1) is 13.9. The zero-order valence-corrected chi connectivity index (χ0v) is 12.0. The fourth-order valence-electron chi connectivity index (χ4n) is 2.03. The van der Waals surface area contributed by atoms with E-state index in [-0.39, 0.29) is 18.2 Å². The van der Waals surface area contributed by atoms with Crippen molar-refractivity contribution in [2.24, 2.45) is 0 Å². The summed E-state index contributed by atoms with van der Waals surface area (Å²) in [6.45, 7) is 3.29. The van der Waals surface area contributed by atoms with Crippen molar-refractivity contribution in [3.63, 3.8) is 0 Å². The SMILES string of the molecule is Cc1cc(C)n2nc(C(=O)OCC(=O)c3ccc[nH]3)nc2n1. The predicted octanol–water partition coefficient (Wildman–Crippen LogP) is 1.11. The fraction of sp³-hybridized carbons (Fsp3) is 0.214. The van der Waals surface area contributed by atoms with E-state index in [0.717, 1.165) is 11.4 Å². The molecule has 22 heavy (non-hydrogen) atoms. The van der Waals surface area contributed by atoms with Crippen molar-refractivity contribution in [1.29, 1.82) is 0 Å². The van der Waals surface area contributed by atoms with Gasteiger partial charge in [0.15, 0.2) is 6.61 Å². The molecule has 0 fully saturated rings. The fourth-order valence-corrected chi connectivity index (χ4v) is 2.03. The van der Waals surface area contributed by atoms with E-state index in [1.165, 1.54) is 4.52 Å². The highest BCUT2D eigenvalue weighted by atomic mass is 16.5. The molecule has 0 radical (unpaired) electrons. The first-order valence-electron chi connectivity index (χ1n) is 6.59. The second-order valence-electron chi connectivity index (χ2n) is 4.77. The van der Waals surface area contributed by atoms with Gasteiger partial charge >= 0.3 is 5.97 Å². The summed E-state index contributed by atoms with van der Waals surface area (Å²) in [6, 6.07) is 5.12. The molecule has 0 bridgehead atoms. The molecule has 0 aliphatic heterocycles. The van der Waals surface area contributed by atoms with Gasteiger partial charge in [0.05, 0.1) is 5.69 Å². The number of H-pyrrole nitrogens is 1. The monoisotopic (exact) mass is 299 g/mol. The van der Waals surface area contributed by atoms with E-state index in [9.17, 15) is 9.59 Å². The van der Waals surface area contributed by atoms with Crippen LogP contribution in [0.2, 0.25) is 0 Å². The lowest BCUT2D eigenvalue weighted by molar-refractivity contribution is 0.0462. The number of carbonyl (C=O) groups is 2. The summed E-state index contributed by atoms with van der Waals surface area (Å²) in [4.78, 5) is 34.6. The smallest absolute Gasteiger partial charge is 0.378 e. The Morgan fingerprint density at radius 1 is 1.32 bits per heavy atom. The maximum Gasteiger partial charge on any atom is 0.378 e. The van der Waals surface area contributed by atoms with Crippen LogP contribution in [-0.2, 0) is 4.74 Å². The predicted molar refractivity (Wildman–Crippen MR) is 75.7 cm³/mol. The maximum atomic E-state index is 11.9. The number of aryl methyl sites for hydroxylation is 2. The Kier molecular flexibility index (Phi) is 3.42. The first-order chi connectivity index (χ1) is 10.5. The molecule has 3 aromatic heterocycles. The topological polar surface area (TPSA) is 102 Å². The van der Waals surface area contributed by atoms with Crippen molar-refractivity contribution in [1.82, 2.24) is 24.6 Å². The summed E-state index contributed by atoms with van der Waals surface area (Å²) in [5.74, 6) is -0.893. The Labute approximate surface area is 125 Å². The summed E-state index contributed by atoms with van der Waals surface area (Å²) in [6.07, 6.45) is 1.62. The van der Waals surface area contributed by atoms with Crippen LogP contribution in [-0.4, -0.2) is 42.9 Å². The van der Waals surface area contributed by atoms with E-state index in [4.69, 9.17) is 4.74 Å². The highest BCUT2D eigenvalue weighted by molar-refractivity contribution is 5.97. The minimum absolute atomic E-state index is 0.125. The van der Waals surface area contributed by atoms with E-state index in [0.29, 0.717) is 11.5 Å². The molecule has 112 valence electrons. The molecule has 0 aliphatic carbocycles. The Bertz CT molecular complexity index is 851. The van der Waals surface area contributed by atoms with Crippen LogP contribution in [0.4, 0.5) is 0 Å². The van der Waals surface area contributed by atoms with Crippen LogP contribution >= 0.6 is 0 Å². The average Bonchev–Trinajstić information content (AvgIpc) is 3.13. The van der Waals surface area contributed by atoms with E-state index in [2.05, 4.69) is 20.1 Å². The number of hydrogen-bond donors (Lipinski definition) is 1. The Hall–Kier alpha value is -3.03. The van der Waals surface area contributed by atoms with Gasteiger partial charge in [0, 0.05) is 17.6 Å². The summed E-state index contributed by atoms with van der Waals surface area (Å²) in [5.41, 5.74) is 1.96. The third kappa shape index (κ3) is 2.58. The number of nitrogens with zero attached hydrogens (tertiary/aromatic N) is 4. The highest BCUT2D eigenvalue weighted by Gasteiger charge is 2.18. The number of esters is 1. The number of Topliss-reactive ketones (excluding diaryl/α,β-unsaturated/α-hetero) is 1. The first-order valence-corrected chi connectivity index (χ1v) is 6.59. The van der Waals surface area contributed by atoms with Gasteiger partial charge in [-0.2, -0.15) is 4.98 Å². The second kappa shape index (κ2) is 5.40. The lowest BCUT2D eigenvalue weighted by Gasteiger charge is -1.99. The Morgan fingerprint density at radius 2 is 2.14 bits per heavy atom. The van der Waals surface area contributed by atoms with E-state index in [1.807, 2.05) is 19.9 Å². The number of ketones is 1. The van der Waals surface area contributed by atoms with Gasteiger partial charge in [-0.05, 0) is 32.0 Å². The van der Waals surface area contributed by atoms with E-state index in [1.54, 1.807) is 18.3 Å². The summed E-state index contributed by atoms with van der Waals surface area (Å²) < 4.78 is 6.39. The number of ether oxygens (including phenoxy) is 1. The molecule has 3 aromatic rings. The lowest BCUT2D eigenvalue weighted by atomic mass is 10.3. The molecule has 0 amide bonds. The maximum absolute atomic E-state index is 11.9. The number of nitrogens with one attached hydrogen (secondary N) is 1. The average molecular weight is 299 g/mol. The van der Waals surface area contributed by atoms with Crippen molar-refractivity contribution in [3.8, 4) is 0 Å². The number of aromatic amines is 1. The zero-order chi connectivity index (χ0) is 15.7. The molecule has 8 heteroatoms. The molecule has 1 N–H and O–H groups in total. The Balaban J connectivity index is 1.75. The van der Waals surface area contributed by atoms with Crippen LogP contribution in [0.15, 0.2) is 24.4 Å². The molecule has 0 aliphatic rings. The van der Waals surface area contributed by atoms with Crippen LogP contribution in [0.5, 0.6) is 0 Å². The van der Waals surface area contributed by atoms with E-state index < -0.39 is 5.97 Å². The van der Waals surface area contributed by atoms with Gasteiger partial charge in [0.25, 0.3) is 11.6 Å². The normalized spacial score (nSPS) is 10.8. The van der Waals surface area contributed by atoms with Crippen molar-refractivity contribution in [2.45, 2.75) is 13.8 Å². The third-order valence-corrected chi connectivity index (χ3v) is 3.03. The number of hydrogen-bond acceptors (Lipinski definition) is 6. The van der Waals surface area contributed by atoms with Crippen LogP contribution < -0.4 is 0 Å². The minimum atomic E-state index is -0.762. The summed E-state index contributed by atoms with van der Waals surface area (Å²) >= 11 is 0. The van der Waals surface area contributed by atoms with E-state index >= 15 is 0 Å². The van der Waals surface area contributed by atoms with Crippen molar-refractivity contribution in [2.75, 3.05) is 6.61 Å². The number of carbonyl (C=O) groups excluding carboxylic acids is 2. The quantitative estimate of drug-likeness (QED) is 0.572. The van der Waals surface area contributed by atoms with Crippen molar-refractivity contribution < 1.29 is 14.3 Å². The summed E-state index contributed by atoms with van der Waals surface area (Å²) in [5, 5.41) is 4.04. The molecule has 3 rings (SSSR count). The molecule has 0 unspecified atom stereocenters. The lowest BCUT2D eigenvalue weighted by Crippen LogP contribution is -2.15. The van der Waals surface area contributed by atoms with Gasteiger partial charge < -0.3 is 9.72 Å². The van der Waals surface area contributed by atoms with Crippen LogP contribution in [0.25, 0.3) is 5.78 Å². The van der Waals surface area contributed by atoms with Crippen molar-refractivity contribution in [3.05, 3.63) is 47.3 Å². The molecular weight excluding hydrogens is 286 g/mol. The minimum Gasteiger partial charge on any atom is -0.451 e. The third-order valence-electron chi connectivity index (χ3n) is 3.03. The standard InChI is InChI=1S/C14H13N5O3/c1-8-6-9(2)19-14(16-8)17-12(18-19)13(21)22-7-11(20)10-4-3-5-15-10/h3-6,15H,7H2,1-2H3. The largest absolute Gasteiger partial charge is 0.451 e. The summed E-state index contributed by atoms with van der Waals surface area (Å²) in [7, 11) is 0. The number of fused-ring (bicyclic) bond motifs is 1. The van der Waals surface area contributed by atoms with Gasteiger partial charge in [-0.15, -0.1) is 5.10 Å². The van der Waals surface area contributed by atoms with Crippen LogP contribution in [0.1, 0.15) is 32.5 Å². The van der Waals surface area contributed by atoms with Crippen LogP contribution in [0, 0.1) is 13.8 Å². The van der Waals surface area contributed by atoms with Gasteiger partial charge in [-0.1, -0.05) is 0 Å². The molecule has 0 atom stereocenters. The molecule has 3 heterocycles. The molecular formula is C14H13N5O3. The van der Waals surface area contributed by atoms with Crippen LogP contribution in [0.3, 0.4) is 0 Å². The molecule has 0 saturated heterocycles. The van der Waals surface area contributed by atoms with Gasteiger partial charge in [-0.25, -0.2) is 14.3 Å².